The van der Waals surface area contributed by atoms with Crippen LogP contribution in [0.15, 0.2) is 17.2 Å². The molecule has 0 bridgehead atoms. The maximum Gasteiger partial charge on any atom is 0.295 e. The van der Waals surface area contributed by atoms with Crippen LogP contribution in [0.4, 0.5) is 0 Å². The Bertz CT molecular complexity index is 438. The van der Waals surface area contributed by atoms with Crippen LogP contribution in [0.3, 0.4) is 0 Å². The van der Waals surface area contributed by atoms with E-state index in [1.165, 1.54) is 0 Å². The number of amides is 1. The Morgan fingerprint density at radius 2 is 2.53 bits per heavy atom. The van der Waals surface area contributed by atoms with Gasteiger partial charge < -0.3 is 14.7 Å². The summed E-state index contributed by atoms with van der Waals surface area (Å²) in [5.41, 5.74) is 0. The van der Waals surface area contributed by atoms with Gasteiger partial charge in [0.2, 0.25) is 5.89 Å². The molecule has 1 N–H and O–H groups in total. The van der Waals surface area contributed by atoms with E-state index in [4.69, 9.17) is 4.52 Å². The number of carbonyl (C=O) groups is 1. The van der Waals surface area contributed by atoms with Crippen LogP contribution in [0.1, 0.15) is 48.7 Å². The first kappa shape index (κ1) is 13.7. The van der Waals surface area contributed by atoms with Gasteiger partial charge in [0.05, 0.1) is 6.04 Å². The largest absolute Gasteiger partial charge is 0.337 e. The van der Waals surface area contributed by atoms with Gasteiger partial charge in [0.25, 0.3) is 11.7 Å². The highest BCUT2D eigenvalue weighted by molar-refractivity contribution is 5.90. The minimum atomic E-state index is -0.199. The minimum Gasteiger partial charge on any atom is -0.337 e. The van der Waals surface area contributed by atoms with Gasteiger partial charge in [-0.15, -0.1) is 6.58 Å². The summed E-state index contributed by atoms with van der Waals surface area (Å²) in [6.45, 7) is 7.79. The SMILES string of the molecule is C=CCN(CCC)C(=O)c1noc(C2CCCN2)n1. The van der Waals surface area contributed by atoms with Crippen LogP contribution in [-0.4, -0.2) is 40.6 Å². The van der Waals surface area contributed by atoms with E-state index in [0.717, 1.165) is 25.8 Å². The van der Waals surface area contributed by atoms with Gasteiger partial charge >= 0.3 is 0 Å². The second-order valence-corrected chi connectivity index (χ2v) is 4.65. The fourth-order valence-corrected chi connectivity index (χ4v) is 2.20. The third-order valence-electron chi connectivity index (χ3n) is 3.12. The number of hydrogen-bond donors (Lipinski definition) is 1. The molecule has 0 spiro atoms. The van der Waals surface area contributed by atoms with Gasteiger partial charge in [0.15, 0.2) is 0 Å². The van der Waals surface area contributed by atoms with Crippen molar-refractivity contribution in [1.82, 2.24) is 20.4 Å². The normalized spacial score (nSPS) is 18.5. The molecule has 1 aromatic heterocycles. The number of carbonyl (C=O) groups excluding carboxylic acids is 1. The van der Waals surface area contributed by atoms with Crippen molar-refractivity contribution >= 4 is 5.91 Å². The highest BCUT2D eigenvalue weighted by atomic mass is 16.5. The first-order chi connectivity index (χ1) is 9.26. The van der Waals surface area contributed by atoms with E-state index in [2.05, 4.69) is 22.0 Å². The molecule has 1 amide bonds. The van der Waals surface area contributed by atoms with Gasteiger partial charge in [0.1, 0.15) is 0 Å². The zero-order chi connectivity index (χ0) is 13.7. The minimum absolute atomic E-state index is 0.0908. The number of hydrogen-bond acceptors (Lipinski definition) is 5. The van der Waals surface area contributed by atoms with Crippen molar-refractivity contribution < 1.29 is 9.32 Å². The molecule has 1 aliphatic rings. The first-order valence-electron chi connectivity index (χ1n) is 6.73. The van der Waals surface area contributed by atoms with E-state index in [1.807, 2.05) is 6.92 Å². The lowest BCUT2D eigenvalue weighted by Gasteiger charge is -2.17. The summed E-state index contributed by atoms with van der Waals surface area (Å²) in [5.74, 6) is 0.449. The predicted molar refractivity (Wildman–Crippen MR) is 70.7 cm³/mol. The van der Waals surface area contributed by atoms with Gasteiger partial charge in [-0.1, -0.05) is 18.2 Å². The molecule has 104 valence electrons. The Morgan fingerprint density at radius 1 is 1.68 bits per heavy atom. The lowest BCUT2D eigenvalue weighted by molar-refractivity contribution is 0.0758. The van der Waals surface area contributed by atoms with Crippen LogP contribution in [0.2, 0.25) is 0 Å². The molecule has 0 radical (unpaired) electrons. The highest BCUT2D eigenvalue weighted by Crippen LogP contribution is 2.21. The molecule has 1 fully saturated rings. The summed E-state index contributed by atoms with van der Waals surface area (Å²) in [6.07, 6.45) is 4.65. The molecule has 6 nitrogen and oxygen atoms in total. The molecule has 2 rings (SSSR count). The zero-order valence-corrected chi connectivity index (χ0v) is 11.3. The molecule has 1 saturated heterocycles. The summed E-state index contributed by atoms with van der Waals surface area (Å²) in [4.78, 5) is 18.1. The maximum absolute atomic E-state index is 12.2. The van der Waals surface area contributed by atoms with Gasteiger partial charge in [-0.05, 0) is 25.8 Å². The number of rotatable bonds is 6. The van der Waals surface area contributed by atoms with E-state index < -0.39 is 0 Å². The molecule has 0 aromatic carbocycles. The molecule has 2 heterocycles. The average molecular weight is 264 g/mol. The molecule has 19 heavy (non-hydrogen) atoms. The van der Waals surface area contributed by atoms with E-state index in [1.54, 1.807) is 11.0 Å². The maximum atomic E-state index is 12.2. The van der Waals surface area contributed by atoms with Gasteiger partial charge in [0, 0.05) is 13.1 Å². The van der Waals surface area contributed by atoms with Crippen molar-refractivity contribution in [3.63, 3.8) is 0 Å². The predicted octanol–water partition coefficient (Wildman–Crippen LogP) is 1.53. The van der Waals surface area contributed by atoms with Crippen LogP contribution < -0.4 is 5.32 Å². The van der Waals surface area contributed by atoms with Crippen molar-refractivity contribution in [2.75, 3.05) is 19.6 Å². The van der Waals surface area contributed by atoms with Crippen LogP contribution >= 0.6 is 0 Å². The Morgan fingerprint density at radius 3 is 3.16 bits per heavy atom. The van der Waals surface area contributed by atoms with Crippen LogP contribution in [0, 0.1) is 0 Å². The third-order valence-corrected chi connectivity index (χ3v) is 3.12. The van der Waals surface area contributed by atoms with Crippen molar-refractivity contribution in [1.29, 1.82) is 0 Å². The van der Waals surface area contributed by atoms with E-state index >= 15 is 0 Å². The molecule has 1 aromatic rings. The second-order valence-electron chi connectivity index (χ2n) is 4.65. The number of aromatic nitrogens is 2. The fraction of sp³-hybridized carbons (Fsp3) is 0.615. The molecule has 1 unspecified atom stereocenters. The van der Waals surface area contributed by atoms with Gasteiger partial charge in [-0.3, -0.25) is 4.79 Å². The summed E-state index contributed by atoms with van der Waals surface area (Å²) >= 11 is 0. The highest BCUT2D eigenvalue weighted by Gasteiger charge is 2.26. The zero-order valence-electron chi connectivity index (χ0n) is 11.3. The van der Waals surface area contributed by atoms with E-state index in [0.29, 0.717) is 19.0 Å². The van der Waals surface area contributed by atoms with Crippen molar-refractivity contribution in [3.8, 4) is 0 Å². The fourth-order valence-electron chi connectivity index (χ4n) is 2.20. The van der Waals surface area contributed by atoms with E-state index in [9.17, 15) is 4.79 Å². The van der Waals surface area contributed by atoms with Gasteiger partial charge in [-0.25, -0.2) is 0 Å². The standard InChI is InChI=1S/C13H20N4O2/c1-3-8-17(9-4-2)13(18)11-15-12(19-16-11)10-6-5-7-14-10/h3,10,14H,1,4-9H2,2H3. The topological polar surface area (TPSA) is 71.3 Å². The molecule has 1 aliphatic heterocycles. The molecule has 0 aliphatic carbocycles. The molecular weight excluding hydrogens is 244 g/mol. The Labute approximate surface area is 112 Å². The Balaban J connectivity index is 2.07. The Kier molecular flexibility index (Phi) is 4.68. The summed E-state index contributed by atoms with van der Waals surface area (Å²) in [5, 5.41) is 7.06. The molecular formula is C13H20N4O2. The lowest BCUT2D eigenvalue weighted by atomic mass is 10.2. The summed E-state index contributed by atoms with van der Waals surface area (Å²) in [7, 11) is 0. The molecule has 6 heteroatoms. The summed E-state index contributed by atoms with van der Waals surface area (Å²) in [6, 6.07) is 0.0908. The molecule has 1 atom stereocenters. The quantitative estimate of drug-likeness (QED) is 0.789. The van der Waals surface area contributed by atoms with Crippen LogP contribution in [-0.2, 0) is 0 Å². The summed E-state index contributed by atoms with van der Waals surface area (Å²) < 4.78 is 5.18. The average Bonchev–Trinajstić information content (AvgIpc) is 3.08. The monoisotopic (exact) mass is 264 g/mol. The molecule has 0 saturated carbocycles. The Hall–Kier alpha value is -1.69. The smallest absolute Gasteiger partial charge is 0.295 e. The number of nitrogens with one attached hydrogen (secondary N) is 1. The van der Waals surface area contributed by atoms with E-state index in [-0.39, 0.29) is 17.8 Å². The number of nitrogens with zero attached hydrogens (tertiary/aromatic N) is 3. The van der Waals surface area contributed by atoms with Crippen LogP contribution in [0.5, 0.6) is 0 Å². The van der Waals surface area contributed by atoms with Crippen molar-refractivity contribution in [3.05, 3.63) is 24.4 Å². The van der Waals surface area contributed by atoms with Gasteiger partial charge in [-0.2, -0.15) is 4.98 Å². The third kappa shape index (κ3) is 3.20. The first-order valence-corrected chi connectivity index (χ1v) is 6.73. The van der Waals surface area contributed by atoms with Crippen molar-refractivity contribution in [2.24, 2.45) is 0 Å². The van der Waals surface area contributed by atoms with Crippen molar-refractivity contribution in [2.45, 2.75) is 32.2 Å². The van der Waals surface area contributed by atoms with Crippen LogP contribution in [0.25, 0.3) is 0 Å². The lowest BCUT2D eigenvalue weighted by Crippen LogP contribution is -2.32. The second kappa shape index (κ2) is 6.47.